The monoisotopic (exact) mass is 285 g/mol. The minimum absolute atomic E-state index is 0.0589. The predicted molar refractivity (Wildman–Crippen MR) is 73.0 cm³/mol. The third kappa shape index (κ3) is 5.71. The smallest absolute Gasteiger partial charge is 0.315 e. The Bertz CT molecular complexity index is 512. The van der Waals surface area contributed by atoms with Crippen molar-refractivity contribution in [2.45, 2.75) is 31.2 Å². The van der Waals surface area contributed by atoms with Crippen LogP contribution in [0.3, 0.4) is 0 Å². The van der Waals surface area contributed by atoms with Gasteiger partial charge in [0, 0.05) is 13.1 Å². The van der Waals surface area contributed by atoms with Crippen LogP contribution in [0, 0.1) is 0 Å². The maximum Gasteiger partial charge on any atom is 0.315 e. The summed E-state index contributed by atoms with van der Waals surface area (Å²) in [6.07, 6.45) is 1.96. The van der Waals surface area contributed by atoms with Crippen LogP contribution in [-0.2, 0) is 16.6 Å². The van der Waals surface area contributed by atoms with Crippen molar-refractivity contribution in [3.05, 3.63) is 29.8 Å². The quantitative estimate of drug-likeness (QED) is 0.678. The van der Waals surface area contributed by atoms with E-state index < -0.39 is 10.0 Å². The zero-order valence-corrected chi connectivity index (χ0v) is 11.7. The highest BCUT2D eigenvalue weighted by molar-refractivity contribution is 7.89. The summed E-state index contributed by atoms with van der Waals surface area (Å²) in [5, 5.41) is 10.4. The van der Waals surface area contributed by atoms with Crippen molar-refractivity contribution < 1.29 is 13.2 Å². The molecule has 6 nitrogen and oxygen atoms in total. The lowest BCUT2D eigenvalue weighted by atomic mass is 10.2. The number of nitrogens with one attached hydrogen (secondary N) is 2. The zero-order chi connectivity index (χ0) is 14.3. The molecule has 7 heteroatoms. The van der Waals surface area contributed by atoms with E-state index in [-0.39, 0.29) is 10.9 Å². The molecule has 19 heavy (non-hydrogen) atoms. The van der Waals surface area contributed by atoms with Gasteiger partial charge >= 0.3 is 6.03 Å². The van der Waals surface area contributed by atoms with Crippen LogP contribution in [0.4, 0.5) is 4.79 Å². The second-order valence-electron chi connectivity index (χ2n) is 4.15. The first-order chi connectivity index (χ1) is 8.93. The van der Waals surface area contributed by atoms with Crippen LogP contribution in [0.2, 0.25) is 0 Å². The van der Waals surface area contributed by atoms with E-state index in [0.29, 0.717) is 13.1 Å². The van der Waals surface area contributed by atoms with Crippen molar-refractivity contribution >= 4 is 16.1 Å². The van der Waals surface area contributed by atoms with Crippen LogP contribution in [0.5, 0.6) is 0 Å². The van der Waals surface area contributed by atoms with Crippen LogP contribution in [0.15, 0.2) is 29.2 Å². The minimum atomic E-state index is -3.67. The molecular formula is C12H19N3O3S. The molecule has 1 aromatic rings. The van der Waals surface area contributed by atoms with E-state index in [0.717, 1.165) is 18.4 Å². The Hall–Kier alpha value is -1.60. The molecule has 0 aromatic heterocycles. The fourth-order valence-corrected chi connectivity index (χ4v) is 1.94. The minimum Gasteiger partial charge on any atom is -0.338 e. The summed E-state index contributed by atoms with van der Waals surface area (Å²) < 4.78 is 22.1. The lowest BCUT2D eigenvalue weighted by molar-refractivity contribution is 0.240. The first-order valence-corrected chi connectivity index (χ1v) is 7.61. The van der Waals surface area contributed by atoms with Crippen molar-refractivity contribution in [3.63, 3.8) is 0 Å². The molecule has 0 bridgehead atoms. The van der Waals surface area contributed by atoms with E-state index in [1.807, 2.05) is 6.92 Å². The Morgan fingerprint density at radius 2 is 1.84 bits per heavy atom. The molecule has 0 spiro atoms. The average Bonchev–Trinajstić information content (AvgIpc) is 2.36. The highest BCUT2D eigenvalue weighted by Gasteiger charge is 2.06. The van der Waals surface area contributed by atoms with E-state index in [2.05, 4.69) is 10.6 Å². The van der Waals surface area contributed by atoms with Crippen LogP contribution < -0.4 is 15.8 Å². The van der Waals surface area contributed by atoms with Crippen molar-refractivity contribution in [1.82, 2.24) is 10.6 Å². The van der Waals surface area contributed by atoms with Gasteiger partial charge in [0.2, 0.25) is 10.0 Å². The lowest BCUT2D eigenvalue weighted by Crippen LogP contribution is -2.35. The van der Waals surface area contributed by atoms with Gasteiger partial charge in [-0.3, -0.25) is 0 Å². The summed E-state index contributed by atoms with van der Waals surface area (Å²) in [5.74, 6) is 0. The van der Waals surface area contributed by atoms with Gasteiger partial charge in [-0.15, -0.1) is 0 Å². The molecule has 2 amide bonds. The lowest BCUT2D eigenvalue weighted by Gasteiger charge is -2.07. The Morgan fingerprint density at radius 3 is 2.37 bits per heavy atom. The summed E-state index contributed by atoms with van der Waals surface area (Å²) in [6.45, 7) is 3.03. The Morgan fingerprint density at radius 1 is 1.21 bits per heavy atom. The van der Waals surface area contributed by atoms with Crippen LogP contribution >= 0.6 is 0 Å². The fraction of sp³-hybridized carbons (Fsp3) is 0.417. The molecule has 0 unspecified atom stereocenters. The largest absolute Gasteiger partial charge is 0.338 e. The predicted octanol–water partition coefficient (Wildman–Crippen LogP) is 0.933. The number of nitrogens with two attached hydrogens (primary N) is 1. The molecule has 0 saturated heterocycles. The molecule has 0 radical (unpaired) electrons. The summed E-state index contributed by atoms with van der Waals surface area (Å²) in [4.78, 5) is 11.4. The molecule has 1 aromatic carbocycles. The van der Waals surface area contributed by atoms with Crippen molar-refractivity contribution in [2.24, 2.45) is 5.14 Å². The Kier molecular flexibility index (Phi) is 5.78. The van der Waals surface area contributed by atoms with Gasteiger partial charge in [0.1, 0.15) is 0 Å². The number of amides is 2. The van der Waals surface area contributed by atoms with E-state index >= 15 is 0 Å². The number of unbranched alkanes of at least 4 members (excludes halogenated alkanes) is 1. The number of primary sulfonamides is 1. The van der Waals surface area contributed by atoms with Gasteiger partial charge in [0.05, 0.1) is 4.90 Å². The highest BCUT2D eigenvalue weighted by atomic mass is 32.2. The first kappa shape index (κ1) is 15.5. The average molecular weight is 285 g/mol. The number of urea groups is 1. The van der Waals surface area contributed by atoms with Gasteiger partial charge in [0.25, 0.3) is 0 Å². The molecule has 0 heterocycles. The van der Waals surface area contributed by atoms with Gasteiger partial charge in [-0.2, -0.15) is 0 Å². The molecule has 1 rings (SSSR count). The van der Waals surface area contributed by atoms with Crippen molar-refractivity contribution in [2.75, 3.05) is 6.54 Å². The number of rotatable bonds is 6. The fourth-order valence-electron chi connectivity index (χ4n) is 1.42. The first-order valence-electron chi connectivity index (χ1n) is 6.07. The van der Waals surface area contributed by atoms with E-state index in [9.17, 15) is 13.2 Å². The summed E-state index contributed by atoms with van der Waals surface area (Å²) in [6, 6.07) is 5.84. The zero-order valence-electron chi connectivity index (χ0n) is 10.8. The third-order valence-corrected chi connectivity index (χ3v) is 3.45. The maximum atomic E-state index is 11.4. The van der Waals surface area contributed by atoms with E-state index in [1.54, 1.807) is 12.1 Å². The van der Waals surface area contributed by atoms with E-state index in [4.69, 9.17) is 5.14 Å². The van der Waals surface area contributed by atoms with E-state index in [1.165, 1.54) is 12.1 Å². The Labute approximate surface area is 113 Å². The van der Waals surface area contributed by atoms with Gasteiger partial charge in [-0.1, -0.05) is 25.5 Å². The van der Waals surface area contributed by atoms with Crippen molar-refractivity contribution in [3.8, 4) is 0 Å². The van der Waals surface area contributed by atoms with Crippen molar-refractivity contribution in [1.29, 1.82) is 0 Å². The van der Waals surface area contributed by atoms with Gasteiger partial charge in [-0.05, 0) is 24.1 Å². The topological polar surface area (TPSA) is 101 Å². The molecule has 0 aliphatic rings. The standard InChI is InChI=1S/C12H19N3O3S/c1-2-3-8-14-12(16)15-9-10-4-6-11(7-5-10)19(13,17)18/h4-7H,2-3,8-9H2,1H3,(H2,13,17,18)(H2,14,15,16). The molecule has 106 valence electrons. The number of sulfonamides is 1. The summed E-state index contributed by atoms with van der Waals surface area (Å²) in [7, 11) is -3.67. The van der Waals surface area contributed by atoms with Crippen LogP contribution in [0.1, 0.15) is 25.3 Å². The molecule has 0 fully saturated rings. The summed E-state index contributed by atoms with van der Waals surface area (Å²) in [5.41, 5.74) is 0.804. The number of benzene rings is 1. The number of hydrogen-bond donors (Lipinski definition) is 3. The molecular weight excluding hydrogens is 266 g/mol. The second kappa shape index (κ2) is 7.10. The molecule has 0 saturated carbocycles. The van der Waals surface area contributed by atoms with Crippen LogP contribution in [-0.4, -0.2) is 21.0 Å². The SMILES string of the molecule is CCCCNC(=O)NCc1ccc(S(N)(=O)=O)cc1. The normalized spacial score (nSPS) is 11.1. The Balaban J connectivity index is 2.44. The van der Waals surface area contributed by atoms with Gasteiger partial charge in [-0.25, -0.2) is 18.4 Å². The highest BCUT2D eigenvalue weighted by Crippen LogP contribution is 2.08. The summed E-state index contributed by atoms with van der Waals surface area (Å²) >= 11 is 0. The van der Waals surface area contributed by atoms with Gasteiger partial charge in [0.15, 0.2) is 0 Å². The van der Waals surface area contributed by atoms with Gasteiger partial charge < -0.3 is 10.6 Å². The number of carbonyl (C=O) groups is 1. The molecule has 0 aliphatic carbocycles. The third-order valence-electron chi connectivity index (χ3n) is 2.52. The second-order valence-corrected chi connectivity index (χ2v) is 5.71. The number of carbonyl (C=O) groups excluding carboxylic acids is 1. The molecule has 0 aliphatic heterocycles. The molecule has 0 atom stereocenters. The number of hydrogen-bond acceptors (Lipinski definition) is 3. The van der Waals surface area contributed by atoms with Crippen LogP contribution in [0.25, 0.3) is 0 Å². The molecule has 4 N–H and O–H groups in total. The maximum absolute atomic E-state index is 11.4.